The predicted molar refractivity (Wildman–Crippen MR) is 101 cm³/mol. The van der Waals surface area contributed by atoms with Gasteiger partial charge < -0.3 is 9.47 Å². The molecule has 0 aliphatic heterocycles. The second kappa shape index (κ2) is 11.6. The van der Waals surface area contributed by atoms with Crippen LogP contribution in [0, 0.1) is 0 Å². The predicted octanol–water partition coefficient (Wildman–Crippen LogP) is 3.89. The van der Waals surface area contributed by atoms with Gasteiger partial charge in [0.2, 0.25) is 0 Å². The van der Waals surface area contributed by atoms with Crippen molar-refractivity contribution in [3.63, 3.8) is 0 Å². The lowest BCUT2D eigenvalue weighted by Crippen LogP contribution is -2.07. The molecule has 0 aliphatic rings. The van der Waals surface area contributed by atoms with Gasteiger partial charge in [-0.15, -0.1) is 0 Å². The third-order valence-corrected chi connectivity index (χ3v) is 3.75. The van der Waals surface area contributed by atoms with E-state index in [9.17, 15) is 9.59 Å². The van der Waals surface area contributed by atoms with Crippen molar-refractivity contribution in [2.45, 2.75) is 25.7 Å². The summed E-state index contributed by atoms with van der Waals surface area (Å²) < 4.78 is 10.1. The zero-order valence-corrected chi connectivity index (χ0v) is 14.8. The summed E-state index contributed by atoms with van der Waals surface area (Å²) in [5, 5.41) is 0. The number of ether oxygens (including phenoxy) is 2. The van der Waals surface area contributed by atoms with E-state index < -0.39 is 11.9 Å². The first-order chi connectivity index (χ1) is 12.7. The number of carbonyl (C=O) groups is 2. The van der Waals surface area contributed by atoms with Crippen molar-refractivity contribution in [2.24, 2.45) is 0 Å². The average Bonchev–Trinajstić information content (AvgIpc) is 2.68. The standard InChI is InChI=1S/C22H24O4/c23-21(25-17-7-13-19-9-3-1-4-10-19)15-16-22(24)26-18-8-14-20-11-5-2-6-12-20/h1-6,9-12,15-16H,7-8,13-14,17-18H2. The van der Waals surface area contributed by atoms with Crippen molar-refractivity contribution < 1.29 is 19.1 Å². The maximum Gasteiger partial charge on any atom is 0.331 e. The van der Waals surface area contributed by atoms with Crippen LogP contribution in [0.4, 0.5) is 0 Å². The number of esters is 2. The van der Waals surface area contributed by atoms with E-state index in [0.717, 1.165) is 37.8 Å². The largest absolute Gasteiger partial charge is 0.463 e. The summed E-state index contributed by atoms with van der Waals surface area (Å²) in [7, 11) is 0. The van der Waals surface area contributed by atoms with Crippen LogP contribution in [0.15, 0.2) is 72.8 Å². The molecule has 4 heteroatoms. The first-order valence-electron chi connectivity index (χ1n) is 8.83. The van der Waals surface area contributed by atoms with Gasteiger partial charge in [0.05, 0.1) is 13.2 Å². The van der Waals surface area contributed by atoms with Crippen LogP contribution in [0.2, 0.25) is 0 Å². The molecular formula is C22H24O4. The van der Waals surface area contributed by atoms with Gasteiger partial charge in [0.15, 0.2) is 0 Å². The molecule has 0 spiro atoms. The second-order valence-electron chi connectivity index (χ2n) is 5.85. The highest BCUT2D eigenvalue weighted by Gasteiger charge is 2.02. The van der Waals surface area contributed by atoms with Gasteiger partial charge in [-0.05, 0) is 36.8 Å². The zero-order chi connectivity index (χ0) is 18.5. The molecule has 0 N–H and O–H groups in total. The lowest BCUT2D eigenvalue weighted by molar-refractivity contribution is -0.140. The SMILES string of the molecule is O=C(C=CC(=O)OCCCc1ccccc1)OCCCc1ccccc1. The Hall–Kier alpha value is -2.88. The maximum absolute atomic E-state index is 11.6. The molecule has 0 atom stereocenters. The summed E-state index contributed by atoms with van der Waals surface area (Å²) in [6.45, 7) is 0.647. The molecule has 0 radical (unpaired) electrons. The van der Waals surface area contributed by atoms with E-state index in [4.69, 9.17) is 9.47 Å². The molecule has 0 saturated heterocycles. The monoisotopic (exact) mass is 352 g/mol. The molecule has 0 fully saturated rings. The molecule has 2 aromatic rings. The number of hydrogen-bond acceptors (Lipinski definition) is 4. The lowest BCUT2D eigenvalue weighted by atomic mass is 10.1. The van der Waals surface area contributed by atoms with E-state index in [1.54, 1.807) is 0 Å². The summed E-state index contributed by atoms with van der Waals surface area (Å²) in [5.41, 5.74) is 2.41. The Labute approximate surface area is 154 Å². The fourth-order valence-corrected chi connectivity index (χ4v) is 2.42. The first kappa shape index (κ1) is 19.4. The minimum Gasteiger partial charge on any atom is -0.463 e. The lowest BCUT2D eigenvalue weighted by Gasteiger charge is -2.03. The highest BCUT2D eigenvalue weighted by Crippen LogP contribution is 2.03. The molecule has 136 valence electrons. The molecule has 0 unspecified atom stereocenters. The Balaban J connectivity index is 1.53. The minimum absolute atomic E-state index is 0.324. The van der Waals surface area contributed by atoms with Crippen molar-refractivity contribution in [1.82, 2.24) is 0 Å². The van der Waals surface area contributed by atoms with E-state index in [2.05, 4.69) is 0 Å². The van der Waals surface area contributed by atoms with Crippen LogP contribution in [0.1, 0.15) is 24.0 Å². The van der Waals surface area contributed by atoms with E-state index in [1.807, 2.05) is 60.7 Å². The normalized spacial score (nSPS) is 10.6. The molecule has 2 rings (SSSR count). The van der Waals surface area contributed by atoms with Crippen molar-refractivity contribution in [3.05, 3.63) is 83.9 Å². The van der Waals surface area contributed by atoms with Gasteiger partial charge in [-0.3, -0.25) is 0 Å². The highest BCUT2D eigenvalue weighted by molar-refractivity contribution is 5.91. The fourth-order valence-electron chi connectivity index (χ4n) is 2.42. The van der Waals surface area contributed by atoms with E-state index in [1.165, 1.54) is 11.1 Å². The second-order valence-corrected chi connectivity index (χ2v) is 5.85. The van der Waals surface area contributed by atoms with Crippen molar-refractivity contribution in [2.75, 3.05) is 13.2 Å². The minimum atomic E-state index is -0.528. The van der Waals surface area contributed by atoms with Crippen LogP contribution in [0.5, 0.6) is 0 Å². The van der Waals surface area contributed by atoms with Crippen molar-refractivity contribution >= 4 is 11.9 Å². The van der Waals surface area contributed by atoms with E-state index in [-0.39, 0.29) is 0 Å². The number of hydrogen-bond donors (Lipinski definition) is 0. The smallest absolute Gasteiger partial charge is 0.331 e. The number of rotatable bonds is 10. The molecule has 0 aliphatic carbocycles. The summed E-state index contributed by atoms with van der Waals surface area (Å²) in [5.74, 6) is -1.06. The van der Waals surface area contributed by atoms with Gasteiger partial charge in [0.25, 0.3) is 0 Å². The van der Waals surface area contributed by atoms with Crippen LogP contribution in [-0.4, -0.2) is 25.2 Å². The molecule has 0 aromatic heterocycles. The fraction of sp³-hybridized carbons (Fsp3) is 0.273. The Morgan fingerprint density at radius 3 is 1.42 bits per heavy atom. The number of aryl methyl sites for hydroxylation is 2. The topological polar surface area (TPSA) is 52.6 Å². The molecule has 0 heterocycles. The van der Waals surface area contributed by atoms with Gasteiger partial charge in [-0.2, -0.15) is 0 Å². The average molecular weight is 352 g/mol. The molecule has 26 heavy (non-hydrogen) atoms. The van der Waals surface area contributed by atoms with Gasteiger partial charge in [0.1, 0.15) is 0 Å². The third-order valence-electron chi connectivity index (χ3n) is 3.75. The van der Waals surface area contributed by atoms with Gasteiger partial charge in [0, 0.05) is 12.2 Å². The quantitative estimate of drug-likeness (QED) is 0.370. The summed E-state index contributed by atoms with van der Waals surface area (Å²) >= 11 is 0. The van der Waals surface area contributed by atoms with Crippen LogP contribution >= 0.6 is 0 Å². The van der Waals surface area contributed by atoms with Gasteiger partial charge >= 0.3 is 11.9 Å². The number of carbonyl (C=O) groups excluding carboxylic acids is 2. The molecule has 0 amide bonds. The van der Waals surface area contributed by atoms with Gasteiger partial charge in [-0.25, -0.2) is 9.59 Å². The Morgan fingerprint density at radius 2 is 1.04 bits per heavy atom. The molecule has 0 bridgehead atoms. The zero-order valence-electron chi connectivity index (χ0n) is 14.8. The molecule has 0 saturated carbocycles. The maximum atomic E-state index is 11.6. The Bertz CT molecular complexity index is 631. The summed E-state index contributed by atoms with van der Waals surface area (Å²) in [6.07, 6.45) is 5.41. The van der Waals surface area contributed by atoms with Crippen molar-refractivity contribution in [3.8, 4) is 0 Å². The van der Waals surface area contributed by atoms with E-state index >= 15 is 0 Å². The Kier molecular flexibility index (Phi) is 8.70. The number of benzene rings is 2. The van der Waals surface area contributed by atoms with Crippen LogP contribution in [0.3, 0.4) is 0 Å². The molecule has 2 aromatic carbocycles. The van der Waals surface area contributed by atoms with Crippen LogP contribution in [0.25, 0.3) is 0 Å². The van der Waals surface area contributed by atoms with Crippen LogP contribution in [-0.2, 0) is 31.9 Å². The van der Waals surface area contributed by atoms with Crippen molar-refractivity contribution in [1.29, 1.82) is 0 Å². The van der Waals surface area contributed by atoms with Gasteiger partial charge in [-0.1, -0.05) is 60.7 Å². The first-order valence-corrected chi connectivity index (χ1v) is 8.83. The third kappa shape index (κ3) is 8.29. The summed E-state index contributed by atoms with van der Waals surface area (Å²) in [6, 6.07) is 20.0. The summed E-state index contributed by atoms with van der Waals surface area (Å²) in [4.78, 5) is 23.1. The molecular weight excluding hydrogens is 328 g/mol. The molecule has 4 nitrogen and oxygen atoms in total. The Morgan fingerprint density at radius 1 is 0.654 bits per heavy atom. The van der Waals surface area contributed by atoms with E-state index in [0.29, 0.717) is 13.2 Å². The highest BCUT2D eigenvalue weighted by atomic mass is 16.5. The van der Waals surface area contributed by atoms with Crippen LogP contribution < -0.4 is 0 Å².